The van der Waals surface area contributed by atoms with Crippen molar-refractivity contribution in [3.05, 3.63) is 18.5 Å². The van der Waals surface area contributed by atoms with Gasteiger partial charge in [-0.15, -0.1) is 0 Å². The average Bonchev–Trinajstić information content (AvgIpc) is 2.41. The Balaban J connectivity index is 3.16. The molecule has 1 aromatic heterocycles. The highest BCUT2D eigenvalue weighted by molar-refractivity contribution is 7.89. The highest BCUT2D eigenvalue weighted by Gasteiger charge is 2.37. The first-order chi connectivity index (χ1) is 9.72. The van der Waals surface area contributed by atoms with E-state index in [4.69, 9.17) is 0 Å². The molecule has 0 spiro atoms. The van der Waals surface area contributed by atoms with Crippen LogP contribution in [0.3, 0.4) is 0 Å². The molecule has 1 heterocycles. The van der Waals surface area contributed by atoms with Crippen molar-refractivity contribution in [2.75, 3.05) is 25.0 Å². The molecule has 0 bridgehead atoms. The lowest BCUT2D eigenvalue weighted by Crippen LogP contribution is -2.39. The number of aromatic nitrogens is 1. The summed E-state index contributed by atoms with van der Waals surface area (Å²) < 4.78 is 62.6. The molecule has 0 aliphatic carbocycles. The Morgan fingerprint density at radius 3 is 2.52 bits per heavy atom. The number of rotatable bonds is 7. The van der Waals surface area contributed by atoms with Crippen LogP contribution in [0.15, 0.2) is 23.4 Å². The summed E-state index contributed by atoms with van der Waals surface area (Å²) in [6, 6.07) is 1.43. The summed E-state index contributed by atoms with van der Waals surface area (Å²) in [5.41, 5.74) is 0.257. The van der Waals surface area contributed by atoms with Gasteiger partial charge < -0.3 is 5.32 Å². The molecule has 1 aromatic rings. The zero-order chi connectivity index (χ0) is 16.1. The van der Waals surface area contributed by atoms with Crippen molar-refractivity contribution >= 4 is 15.7 Å². The van der Waals surface area contributed by atoms with Gasteiger partial charge in [-0.1, -0.05) is 13.8 Å². The molecule has 0 saturated carbocycles. The average molecular weight is 325 g/mol. The van der Waals surface area contributed by atoms with E-state index in [1.807, 2.05) is 6.92 Å². The molecule has 0 aliphatic heterocycles. The third-order valence-electron chi connectivity index (χ3n) is 2.68. The Kier molecular flexibility index (Phi) is 5.97. The summed E-state index contributed by atoms with van der Waals surface area (Å²) in [6.45, 7) is 1.97. The van der Waals surface area contributed by atoms with Gasteiger partial charge in [0.2, 0.25) is 10.0 Å². The molecule has 5 nitrogen and oxygen atoms in total. The molecule has 120 valence electrons. The fourth-order valence-corrected chi connectivity index (χ4v) is 3.24. The third-order valence-corrected chi connectivity index (χ3v) is 4.62. The minimum Gasteiger partial charge on any atom is -0.384 e. The van der Waals surface area contributed by atoms with E-state index in [1.54, 1.807) is 0 Å². The first-order valence-corrected chi connectivity index (χ1v) is 7.91. The molecule has 9 heteroatoms. The molecule has 21 heavy (non-hydrogen) atoms. The van der Waals surface area contributed by atoms with Crippen molar-refractivity contribution in [1.29, 1.82) is 0 Å². The smallest absolute Gasteiger partial charge is 0.384 e. The number of pyridine rings is 1. The fraction of sp³-hybridized carbons (Fsp3) is 0.583. The van der Waals surface area contributed by atoms with E-state index in [0.29, 0.717) is 10.8 Å². The SMILES string of the molecule is CCCNc1ccncc1S(=O)(=O)N(CC)CC(F)(F)F. The van der Waals surface area contributed by atoms with Gasteiger partial charge in [-0.05, 0) is 12.5 Å². The summed E-state index contributed by atoms with van der Waals surface area (Å²) in [5, 5.41) is 2.88. The van der Waals surface area contributed by atoms with Crippen LogP contribution in [0.1, 0.15) is 20.3 Å². The fourth-order valence-electron chi connectivity index (χ4n) is 1.70. The summed E-state index contributed by atoms with van der Waals surface area (Å²) >= 11 is 0. The molecule has 0 aromatic carbocycles. The monoisotopic (exact) mass is 325 g/mol. The number of alkyl halides is 3. The van der Waals surface area contributed by atoms with Crippen molar-refractivity contribution < 1.29 is 21.6 Å². The second-order valence-electron chi connectivity index (χ2n) is 4.35. The van der Waals surface area contributed by atoms with E-state index < -0.39 is 22.7 Å². The Bertz CT molecular complexity index is 561. The van der Waals surface area contributed by atoms with Gasteiger partial charge in [0, 0.05) is 25.5 Å². The minimum atomic E-state index is -4.59. The molecule has 0 radical (unpaired) electrons. The Morgan fingerprint density at radius 1 is 1.33 bits per heavy atom. The first kappa shape index (κ1) is 17.7. The standard InChI is InChI=1S/C12H18F3N3O2S/c1-3-6-17-10-5-7-16-8-11(10)21(19,20)18(4-2)9-12(13,14)15/h5,7-8H,3-4,6,9H2,1-2H3,(H,16,17). The van der Waals surface area contributed by atoms with Gasteiger partial charge in [0.15, 0.2) is 0 Å². The van der Waals surface area contributed by atoms with Crippen LogP contribution < -0.4 is 5.32 Å². The van der Waals surface area contributed by atoms with E-state index >= 15 is 0 Å². The van der Waals surface area contributed by atoms with Crippen LogP contribution in [0, 0.1) is 0 Å². The zero-order valence-corrected chi connectivity index (χ0v) is 12.6. The predicted octanol–water partition coefficient (Wildman–Crippen LogP) is 2.48. The normalized spacial score (nSPS) is 12.7. The quantitative estimate of drug-likeness (QED) is 0.836. The van der Waals surface area contributed by atoms with Gasteiger partial charge in [-0.3, -0.25) is 4.98 Å². The first-order valence-electron chi connectivity index (χ1n) is 6.47. The maximum atomic E-state index is 12.5. The predicted molar refractivity (Wildman–Crippen MR) is 73.5 cm³/mol. The van der Waals surface area contributed by atoms with Crippen LogP contribution in [-0.2, 0) is 10.0 Å². The summed E-state index contributed by atoms with van der Waals surface area (Å²) in [6.07, 6.45) is -1.40. The largest absolute Gasteiger partial charge is 0.402 e. The number of hydrogen-bond acceptors (Lipinski definition) is 4. The maximum absolute atomic E-state index is 12.5. The Labute approximate surface area is 122 Å². The van der Waals surface area contributed by atoms with Gasteiger partial charge in [-0.25, -0.2) is 8.42 Å². The van der Waals surface area contributed by atoms with Crippen LogP contribution >= 0.6 is 0 Å². The number of halogens is 3. The van der Waals surface area contributed by atoms with Crippen LogP contribution in [0.5, 0.6) is 0 Å². The molecule has 0 saturated heterocycles. The second kappa shape index (κ2) is 7.08. The van der Waals surface area contributed by atoms with Crippen LogP contribution in [0.2, 0.25) is 0 Å². The number of nitrogens with one attached hydrogen (secondary N) is 1. The lowest BCUT2D eigenvalue weighted by molar-refractivity contribution is -0.135. The van der Waals surface area contributed by atoms with Crippen LogP contribution in [-0.4, -0.2) is 43.5 Å². The molecule has 0 unspecified atom stereocenters. The van der Waals surface area contributed by atoms with Crippen LogP contribution in [0.25, 0.3) is 0 Å². The second-order valence-corrected chi connectivity index (χ2v) is 6.25. The number of sulfonamides is 1. The van der Waals surface area contributed by atoms with E-state index in [9.17, 15) is 21.6 Å². The topological polar surface area (TPSA) is 62.3 Å². The third kappa shape index (κ3) is 4.85. The van der Waals surface area contributed by atoms with E-state index in [0.717, 1.165) is 12.6 Å². The Hall–Kier alpha value is -1.35. The Morgan fingerprint density at radius 2 is 2.00 bits per heavy atom. The molecule has 0 atom stereocenters. The van der Waals surface area contributed by atoms with E-state index in [2.05, 4.69) is 10.3 Å². The summed E-state index contributed by atoms with van der Waals surface area (Å²) in [4.78, 5) is 3.46. The lowest BCUT2D eigenvalue weighted by atomic mass is 10.4. The lowest BCUT2D eigenvalue weighted by Gasteiger charge is -2.23. The van der Waals surface area contributed by atoms with Crippen molar-refractivity contribution in [2.45, 2.75) is 31.3 Å². The van der Waals surface area contributed by atoms with Gasteiger partial charge in [0.05, 0.1) is 5.69 Å². The van der Waals surface area contributed by atoms with Crippen molar-refractivity contribution in [3.63, 3.8) is 0 Å². The molecule has 0 amide bonds. The molecule has 0 fully saturated rings. The summed E-state index contributed by atoms with van der Waals surface area (Å²) in [7, 11) is -4.26. The zero-order valence-electron chi connectivity index (χ0n) is 11.8. The van der Waals surface area contributed by atoms with E-state index in [1.165, 1.54) is 19.2 Å². The van der Waals surface area contributed by atoms with Crippen LogP contribution in [0.4, 0.5) is 18.9 Å². The van der Waals surface area contributed by atoms with Gasteiger partial charge >= 0.3 is 6.18 Å². The van der Waals surface area contributed by atoms with Gasteiger partial charge in [0.25, 0.3) is 0 Å². The molecule has 0 aliphatic rings. The van der Waals surface area contributed by atoms with Crippen molar-refractivity contribution in [3.8, 4) is 0 Å². The minimum absolute atomic E-state index is 0.246. The van der Waals surface area contributed by atoms with E-state index in [-0.39, 0.29) is 17.1 Å². The highest BCUT2D eigenvalue weighted by Crippen LogP contribution is 2.26. The van der Waals surface area contributed by atoms with Crippen molar-refractivity contribution in [2.24, 2.45) is 0 Å². The number of anilines is 1. The van der Waals surface area contributed by atoms with Gasteiger partial charge in [-0.2, -0.15) is 17.5 Å². The number of nitrogens with zero attached hydrogens (tertiary/aromatic N) is 2. The highest BCUT2D eigenvalue weighted by atomic mass is 32.2. The molecular weight excluding hydrogens is 307 g/mol. The molecular formula is C12H18F3N3O2S. The molecule has 1 N–H and O–H groups in total. The summed E-state index contributed by atoms with van der Waals surface area (Å²) in [5.74, 6) is 0. The van der Waals surface area contributed by atoms with Crippen molar-refractivity contribution in [1.82, 2.24) is 9.29 Å². The van der Waals surface area contributed by atoms with Gasteiger partial charge in [0.1, 0.15) is 11.4 Å². The number of hydrogen-bond donors (Lipinski definition) is 1. The maximum Gasteiger partial charge on any atom is 0.402 e. The molecule has 1 rings (SSSR count).